The molecule has 34 valence electrons. The van der Waals surface area contributed by atoms with Gasteiger partial charge in [-0.3, -0.25) is 0 Å². The molecule has 0 aliphatic heterocycles. The van der Waals surface area contributed by atoms with Crippen LogP contribution in [0.4, 0.5) is 0 Å². The lowest BCUT2D eigenvalue weighted by Crippen LogP contribution is -0.569. The molecule has 5 heavy (non-hydrogen) atoms. The van der Waals surface area contributed by atoms with E-state index < -0.39 is 0 Å². The van der Waals surface area contributed by atoms with E-state index >= 15 is 0 Å². The summed E-state index contributed by atoms with van der Waals surface area (Å²) in [6.07, 6.45) is 0. The van der Waals surface area contributed by atoms with Crippen LogP contribution >= 0.6 is 0 Å². The Kier molecular flexibility index (Phi) is 3460. The molecule has 0 aromatic rings. The van der Waals surface area contributed by atoms with E-state index in [0.29, 0.717) is 0 Å². The van der Waals surface area contributed by atoms with Crippen LogP contribution in [0.25, 0.3) is 0 Å². The Balaban J connectivity index is -0.00000000167. The van der Waals surface area contributed by atoms with Gasteiger partial charge in [0, 0.05) is 6.57 Å². The first-order valence-corrected chi connectivity index (χ1v) is 0.258. The minimum absolute atomic E-state index is 0. The Morgan fingerprint density at radius 2 is 0.800 bits per heavy atom. The Hall–Kier alpha value is -0.630. The second-order valence-electron chi connectivity index (χ2n) is 0. The average molecular weight is 81.1 g/mol. The molecule has 0 aliphatic carbocycles. The van der Waals surface area contributed by atoms with Crippen molar-refractivity contribution in [2.45, 2.75) is 0 Å². The molecule has 0 spiro atoms. The average Bonchev–Trinajstić information content (AvgIpc) is 1.00. The first-order valence-electron chi connectivity index (χ1n) is 0.258. The minimum Gasteiger partial charge on any atom is -0.412 e. The number of nitriles is 1. The highest BCUT2D eigenvalue weighted by Gasteiger charge is 0.513. The molecule has 0 fully saturated rings. The van der Waals surface area contributed by atoms with E-state index in [4.69, 9.17) is 5.26 Å². The minimum atomic E-state index is 0. The molecule has 0 saturated carbocycles. The zero-order chi connectivity index (χ0) is 2.00. The standard InChI is InChI=1S/CHN.3H2O/c1-2;;;/h1H;3*1H2. The highest BCUT2D eigenvalue weighted by atomic mass is 16.0. The lowest BCUT2D eigenvalue weighted by atomic mass is 11.9. The monoisotopic (exact) mass is 81.0 g/mol. The van der Waals surface area contributed by atoms with E-state index in [1.807, 2.05) is 0 Å². The van der Waals surface area contributed by atoms with Crippen LogP contribution < -0.4 is 0 Å². The molecule has 0 amide bonds. The van der Waals surface area contributed by atoms with Gasteiger partial charge in [-0.25, -0.2) is 5.26 Å². The Morgan fingerprint density at radius 3 is 0.800 bits per heavy atom. The van der Waals surface area contributed by atoms with Gasteiger partial charge in [-0.1, -0.05) is 0 Å². The summed E-state index contributed by atoms with van der Waals surface area (Å²) >= 11 is 0. The van der Waals surface area contributed by atoms with Crippen molar-refractivity contribution in [2.75, 3.05) is 0 Å². The predicted molar refractivity (Wildman–Crippen MR) is 17.5 cm³/mol. The van der Waals surface area contributed by atoms with Crippen LogP contribution in [0.5, 0.6) is 0 Å². The molecule has 4 nitrogen and oxygen atoms in total. The van der Waals surface area contributed by atoms with Gasteiger partial charge in [0.1, 0.15) is 0 Å². The van der Waals surface area contributed by atoms with E-state index in [1.165, 1.54) is 0 Å². The summed E-state index contributed by atoms with van der Waals surface area (Å²) in [6.45, 7) is 3.50. The fourth-order valence-electron chi connectivity index (χ4n) is 0. The topological polar surface area (TPSA) is 118 Å². The third kappa shape index (κ3) is 15.9. The first kappa shape index (κ1) is 363. The van der Waals surface area contributed by atoms with E-state index in [-0.39, 0.29) is 16.4 Å². The second kappa shape index (κ2) is 47.7. The van der Waals surface area contributed by atoms with E-state index in [1.54, 1.807) is 0 Å². The molecule has 0 bridgehead atoms. The highest BCUT2D eigenvalue weighted by Crippen LogP contribution is 0.586. The zero-order valence-corrected chi connectivity index (χ0v) is 2.52. The van der Waals surface area contributed by atoms with Gasteiger partial charge >= 0.3 is 0 Å². The Bertz CT molecular complexity index is 11.6. The third-order valence-electron chi connectivity index (χ3n) is 0. The van der Waals surface area contributed by atoms with Crippen LogP contribution in [0.1, 0.15) is 0 Å². The largest absolute Gasteiger partial charge is 0.412 e. The van der Waals surface area contributed by atoms with Gasteiger partial charge in [0.05, 0.1) is 0 Å². The molecule has 0 aliphatic rings. The number of rotatable bonds is 0. The predicted octanol–water partition coefficient (Wildman–Crippen LogP) is -2.33. The van der Waals surface area contributed by atoms with E-state index in [2.05, 4.69) is 6.57 Å². The molecule has 0 saturated heterocycles. The second-order valence-corrected chi connectivity index (χ2v) is 0. The van der Waals surface area contributed by atoms with Gasteiger partial charge in [-0.2, -0.15) is 0 Å². The van der Waals surface area contributed by atoms with Crippen LogP contribution in [0, 0.1) is 11.8 Å². The van der Waals surface area contributed by atoms with Crippen molar-refractivity contribution in [1.29, 1.82) is 5.26 Å². The quantitative estimate of drug-likeness (QED) is 0.319. The molecule has 6 N–H and O–H groups in total. The highest BCUT2D eigenvalue weighted by molar-refractivity contribution is 4.03. The SMILES string of the molecule is C#N.O.O.O. The summed E-state index contributed by atoms with van der Waals surface area (Å²) in [5.41, 5.74) is 0. The smallest absolute Gasteiger partial charge is 0.0462 e. The van der Waals surface area contributed by atoms with Crippen LogP contribution in [0.3, 0.4) is 0 Å². The number of hydrogen-bond acceptors (Lipinski definition) is 1. The maximum atomic E-state index is 6.50. The number of nitrogens with zero attached hydrogens (tertiary/aromatic N) is 1. The maximum Gasteiger partial charge on any atom is 0.0462 e. The normalized spacial score (nSPS) is 0.400. The zero-order valence-electron chi connectivity index (χ0n) is 2.52. The molecular weight excluding hydrogens is 74.0 g/mol. The third-order valence-corrected chi connectivity index (χ3v) is 0. The molecule has 0 unspecified atom stereocenters. The molecule has 0 heterocycles. The lowest BCUT2D eigenvalue weighted by molar-refractivity contribution is 0.823. The van der Waals surface area contributed by atoms with E-state index in [9.17, 15) is 0 Å². The molecule has 0 aromatic carbocycles. The maximum absolute atomic E-state index is 6.50. The van der Waals surface area contributed by atoms with Gasteiger partial charge in [-0.15, -0.1) is 0 Å². The Labute approximate surface area is 29.6 Å². The Morgan fingerprint density at radius 1 is 0.800 bits per heavy atom. The lowest BCUT2D eigenvalue weighted by Gasteiger charge is -0.668. The molecule has 4 heteroatoms. The summed E-state index contributed by atoms with van der Waals surface area (Å²) in [6, 6.07) is 0. The summed E-state index contributed by atoms with van der Waals surface area (Å²) in [5, 5.41) is 6.50. The summed E-state index contributed by atoms with van der Waals surface area (Å²) in [4.78, 5) is 0. The van der Waals surface area contributed by atoms with Crippen LogP contribution in [0.15, 0.2) is 0 Å². The number of hydrogen-bond donors (Lipinski definition) is 0. The first-order chi connectivity index (χ1) is 1.00. The summed E-state index contributed by atoms with van der Waals surface area (Å²) < 4.78 is 0. The van der Waals surface area contributed by atoms with Crippen molar-refractivity contribution in [3.05, 3.63) is 0 Å². The van der Waals surface area contributed by atoms with Crippen molar-refractivity contribution in [3.63, 3.8) is 0 Å². The van der Waals surface area contributed by atoms with Gasteiger partial charge in [0.25, 0.3) is 0 Å². The fourth-order valence-corrected chi connectivity index (χ4v) is 0. The van der Waals surface area contributed by atoms with Crippen LogP contribution in [-0.4, -0.2) is 16.4 Å². The van der Waals surface area contributed by atoms with Gasteiger partial charge in [-0.05, 0) is 0 Å². The molecule has 0 aromatic heterocycles. The molecule has 0 rings (SSSR count). The van der Waals surface area contributed by atoms with Crippen molar-refractivity contribution in [3.8, 4) is 6.57 Å². The van der Waals surface area contributed by atoms with Crippen LogP contribution in [-0.2, 0) is 0 Å². The van der Waals surface area contributed by atoms with Gasteiger partial charge < -0.3 is 16.4 Å². The molecular formula is CH7NO3. The van der Waals surface area contributed by atoms with Crippen molar-refractivity contribution < 1.29 is 16.4 Å². The van der Waals surface area contributed by atoms with Crippen molar-refractivity contribution >= 4 is 0 Å². The van der Waals surface area contributed by atoms with Crippen molar-refractivity contribution in [2.24, 2.45) is 0 Å². The fraction of sp³-hybridized carbons (Fsp3) is 0. The molecule has 0 atom stereocenters. The van der Waals surface area contributed by atoms with Crippen molar-refractivity contribution in [1.82, 2.24) is 0 Å². The van der Waals surface area contributed by atoms with E-state index in [0.717, 1.165) is 0 Å². The summed E-state index contributed by atoms with van der Waals surface area (Å²) in [5.74, 6) is 0. The van der Waals surface area contributed by atoms with Crippen LogP contribution in [0.2, 0.25) is 0 Å². The van der Waals surface area contributed by atoms with Gasteiger partial charge in [0.2, 0.25) is 0 Å². The summed E-state index contributed by atoms with van der Waals surface area (Å²) in [7, 11) is 0. The molecule has 0 radical (unpaired) electrons. The van der Waals surface area contributed by atoms with Gasteiger partial charge in [0.15, 0.2) is 0 Å².